The largest absolute Gasteiger partial charge is 0.323 e. The van der Waals surface area contributed by atoms with E-state index in [4.69, 9.17) is 40.6 Å². The van der Waals surface area contributed by atoms with Crippen molar-refractivity contribution in [2.45, 2.75) is 0 Å². The van der Waals surface area contributed by atoms with Crippen molar-refractivity contribution in [3.63, 3.8) is 0 Å². The molecule has 1 rings (SSSR count). The minimum absolute atomic E-state index is 0.0985. The lowest BCUT2D eigenvalue weighted by Gasteiger charge is -2.08. The molecule has 0 fully saturated rings. The second-order valence-corrected chi connectivity index (χ2v) is 3.92. The van der Waals surface area contributed by atoms with E-state index in [0.29, 0.717) is 5.02 Å². The quantitative estimate of drug-likeness (QED) is 0.316. The highest BCUT2D eigenvalue weighted by Crippen LogP contribution is 2.33. The first-order valence-corrected chi connectivity index (χ1v) is 5.05. The summed E-state index contributed by atoms with van der Waals surface area (Å²) in [6.45, 7) is 0. The number of amides is 2. The van der Waals surface area contributed by atoms with Gasteiger partial charge in [0.15, 0.2) is 0 Å². The third-order valence-electron chi connectivity index (χ3n) is 1.58. The van der Waals surface area contributed by atoms with Gasteiger partial charge in [0.1, 0.15) is 0 Å². The molecule has 0 aromatic heterocycles. The number of rotatable bonds is 1. The van der Waals surface area contributed by atoms with Gasteiger partial charge in [-0.1, -0.05) is 34.8 Å². The molecule has 4 N–H and O–H groups in total. The predicted molar refractivity (Wildman–Crippen MR) is 62.4 cm³/mol. The van der Waals surface area contributed by atoms with Crippen LogP contribution in [0.3, 0.4) is 0 Å². The summed E-state index contributed by atoms with van der Waals surface area (Å²) in [5.74, 6) is 2.79. The van der Waals surface area contributed by atoms with Crippen molar-refractivity contribution in [3.05, 3.63) is 27.2 Å². The monoisotopic (exact) mass is 281 g/mol. The van der Waals surface area contributed by atoms with E-state index in [9.17, 15) is 9.59 Å². The van der Waals surface area contributed by atoms with Crippen molar-refractivity contribution in [1.29, 1.82) is 0 Å². The van der Waals surface area contributed by atoms with Gasteiger partial charge < -0.3 is 5.32 Å². The zero-order valence-electron chi connectivity index (χ0n) is 7.68. The van der Waals surface area contributed by atoms with Crippen LogP contribution in [0.25, 0.3) is 0 Å². The van der Waals surface area contributed by atoms with Crippen LogP contribution in [0.2, 0.25) is 15.1 Å². The fourth-order valence-electron chi connectivity index (χ4n) is 0.897. The Morgan fingerprint density at radius 3 is 2.00 bits per heavy atom. The highest BCUT2D eigenvalue weighted by atomic mass is 35.5. The third kappa shape index (κ3) is 2.99. The highest BCUT2D eigenvalue weighted by molar-refractivity contribution is 6.45. The van der Waals surface area contributed by atoms with Crippen molar-refractivity contribution in [3.8, 4) is 0 Å². The topological polar surface area (TPSA) is 84.2 Å². The minimum atomic E-state index is -1.01. The average Bonchev–Trinajstić information content (AvgIpc) is 2.21. The first kappa shape index (κ1) is 13.1. The zero-order chi connectivity index (χ0) is 12.3. The summed E-state index contributed by atoms with van der Waals surface area (Å²) in [7, 11) is 0. The molecule has 0 aliphatic heterocycles. The summed E-state index contributed by atoms with van der Waals surface area (Å²) in [5.41, 5.74) is 1.77. The molecule has 0 heterocycles. The smallest absolute Gasteiger partial charge is 0.315 e. The van der Waals surface area contributed by atoms with Crippen LogP contribution >= 0.6 is 34.8 Å². The van der Waals surface area contributed by atoms with Crippen LogP contribution in [0.4, 0.5) is 5.69 Å². The number of carbonyl (C=O) groups is 2. The lowest BCUT2D eigenvalue weighted by molar-refractivity contribution is -0.136. The number of hydrogen-bond donors (Lipinski definition) is 3. The summed E-state index contributed by atoms with van der Waals surface area (Å²) in [6, 6.07) is 2.76. The molecule has 0 spiro atoms. The van der Waals surface area contributed by atoms with E-state index in [2.05, 4.69) is 5.32 Å². The molecule has 0 atom stereocenters. The number of halogens is 3. The molecule has 0 aliphatic rings. The fourth-order valence-corrected chi connectivity index (χ4v) is 1.81. The normalized spacial score (nSPS) is 9.75. The molecule has 8 heteroatoms. The standard InChI is InChI=1S/C8H6Cl3N3O2/c9-3-1-4(10)6(5(11)2-3)13-7(15)8(16)14-12/h1-2H,12H2,(H,13,15)(H,14,16). The molecular formula is C8H6Cl3N3O2. The van der Waals surface area contributed by atoms with Crippen molar-refractivity contribution < 1.29 is 9.59 Å². The first-order valence-electron chi connectivity index (χ1n) is 3.92. The number of anilines is 1. The predicted octanol–water partition coefficient (Wildman–Crippen LogP) is 1.58. The van der Waals surface area contributed by atoms with Gasteiger partial charge in [0.25, 0.3) is 0 Å². The molecule has 1 aromatic carbocycles. The van der Waals surface area contributed by atoms with Gasteiger partial charge in [0.2, 0.25) is 0 Å². The van der Waals surface area contributed by atoms with Gasteiger partial charge in [-0.25, -0.2) is 5.84 Å². The van der Waals surface area contributed by atoms with Crippen molar-refractivity contribution in [2.75, 3.05) is 5.32 Å². The maximum atomic E-state index is 11.2. The Morgan fingerprint density at radius 1 is 1.06 bits per heavy atom. The van der Waals surface area contributed by atoms with Gasteiger partial charge in [-0.05, 0) is 12.1 Å². The fraction of sp³-hybridized carbons (Fsp3) is 0. The van der Waals surface area contributed by atoms with Crippen LogP contribution in [-0.2, 0) is 9.59 Å². The Morgan fingerprint density at radius 2 is 1.56 bits per heavy atom. The average molecular weight is 283 g/mol. The van der Waals surface area contributed by atoms with E-state index < -0.39 is 11.8 Å². The molecule has 0 saturated carbocycles. The Kier molecular flexibility index (Phi) is 4.37. The van der Waals surface area contributed by atoms with Crippen LogP contribution in [0, 0.1) is 0 Å². The summed E-state index contributed by atoms with van der Waals surface area (Å²) in [6.07, 6.45) is 0. The number of nitrogens with two attached hydrogens (primary N) is 1. The van der Waals surface area contributed by atoms with E-state index in [0.717, 1.165) is 0 Å². The van der Waals surface area contributed by atoms with Gasteiger partial charge in [-0.3, -0.25) is 15.0 Å². The third-order valence-corrected chi connectivity index (χ3v) is 2.40. The first-order chi connectivity index (χ1) is 7.45. The molecule has 0 radical (unpaired) electrons. The molecule has 0 aliphatic carbocycles. The van der Waals surface area contributed by atoms with E-state index >= 15 is 0 Å². The maximum Gasteiger partial charge on any atom is 0.323 e. The van der Waals surface area contributed by atoms with Crippen molar-refractivity contribution >= 4 is 52.3 Å². The molecule has 0 saturated heterocycles. The maximum absolute atomic E-state index is 11.2. The van der Waals surface area contributed by atoms with Crippen molar-refractivity contribution in [2.24, 2.45) is 5.84 Å². The lowest BCUT2D eigenvalue weighted by Crippen LogP contribution is -2.39. The van der Waals surface area contributed by atoms with Crippen LogP contribution in [0.5, 0.6) is 0 Å². The summed E-state index contributed by atoms with van der Waals surface area (Å²) < 4.78 is 0. The summed E-state index contributed by atoms with van der Waals surface area (Å²) >= 11 is 17.2. The minimum Gasteiger partial charge on any atom is -0.315 e. The molecule has 0 unspecified atom stereocenters. The van der Waals surface area contributed by atoms with Crippen LogP contribution < -0.4 is 16.6 Å². The molecular weight excluding hydrogens is 276 g/mol. The van der Waals surface area contributed by atoms with Crippen molar-refractivity contribution in [1.82, 2.24) is 5.43 Å². The van der Waals surface area contributed by atoms with Gasteiger partial charge in [-0.2, -0.15) is 0 Å². The molecule has 1 aromatic rings. The molecule has 2 amide bonds. The Bertz CT molecular complexity index is 427. The molecule has 5 nitrogen and oxygen atoms in total. The van der Waals surface area contributed by atoms with Crippen LogP contribution in [0.15, 0.2) is 12.1 Å². The number of carbonyl (C=O) groups excluding carboxylic acids is 2. The zero-order valence-corrected chi connectivity index (χ0v) is 9.95. The van der Waals surface area contributed by atoms with E-state index in [1.807, 2.05) is 0 Å². The molecule has 0 bridgehead atoms. The summed E-state index contributed by atoms with van der Waals surface area (Å²) in [5, 5.41) is 2.76. The van der Waals surface area contributed by atoms with Crippen LogP contribution in [0.1, 0.15) is 0 Å². The van der Waals surface area contributed by atoms with E-state index in [1.165, 1.54) is 12.1 Å². The van der Waals surface area contributed by atoms with Gasteiger partial charge >= 0.3 is 11.8 Å². The van der Waals surface area contributed by atoms with Crippen LogP contribution in [-0.4, -0.2) is 11.8 Å². The number of nitrogens with one attached hydrogen (secondary N) is 2. The van der Waals surface area contributed by atoms with Gasteiger partial charge in [0.05, 0.1) is 15.7 Å². The molecule has 16 heavy (non-hydrogen) atoms. The number of hydrazine groups is 1. The van der Waals surface area contributed by atoms with E-state index in [-0.39, 0.29) is 15.7 Å². The SMILES string of the molecule is NNC(=O)C(=O)Nc1c(Cl)cc(Cl)cc1Cl. The second-order valence-electron chi connectivity index (χ2n) is 2.67. The summed E-state index contributed by atoms with van der Waals surface area (Å²) in [4.78, 5) is 22.0. The number of hydrogen-bond acceptors (Lipinski definition) is 3. The van der Waals surface area contributed by atoms with E-state index in [1.54, 1.807) is 5.43 Å². The highest BCUT2D eigenvalue weighted by Gasteiger charge is 2.16. The number of benzene rings is 1. The van der Waals surface area contributed by atoms with Gasteiger partial charge in [0, 0.05) is 5.02 Å². The Labute approximate surface area is 106 Å². The molecule has 86 valence electrons. The Balaban J connectivity index is 2.98. The van der Waals surface area contributed by atoms with Gasteiger partial charge in [-0.15, -0.1) is 0 Å². The second kappa shape index (κ2) is 5.36. The Hall–Kier alpha value is -1.01. The lowest BCUT2D eigenvalue weighted by atomic mass is 10.3.